The van der Waals surface area contributed by atoms with Gasteiger partial charge in [0.1, 0.15) is 10.7 Å². The van der Waals surface area contributed by atoms with Crippen LogP contribution < -0.4 is 4.72 Å². The van der Waals surface area contributed by atoms with Gasteiger partial charge < -0.3 is 0 Å². The Labute approximate surface area is 119 Å². The van der Waals surface area contributed by atoms with Crippen molar-refractivity contribution in [2.24, 2.45) is 5.92 Å². The normalized spacial score (nSPS) is 13.4. The van der Waals surface area contributed by atoms with Gasteiger partial charge in [0, 0.05) is 12.4 Å². The standard InChI is InChI=1S/C13H19ClFNO2S/c1-2-5-11(8-9-14)10-16-19(17,18)13-7-4-3-6-12(13)15/h3-4,6-7,11,16H,2,5,8-10H2,1H3. The third-order valence-corrected chi connectivity index (χ3v) is 4.58. The van der Waals surface area contributed by atoms with Crippen LogP contribution in [-0.4, -0.2) is 20.8 Å². The molecule has 6 heteroatoms. The lowest BCUT2D eigenvalue weighted by Gasteiger charge is -2.15. The number of hydrogen-bond donors (Lipinski definition) is 1. The van der Waals surface area contributed by atoms with Crippen molar-refractivity contribution in [2.75, 3.05) is 12.4 Å². The van der Waals surface area contributed by atoms with Crippen molar-refractivity contribution >= 4 is 21.6 Å². The highest BCUT2D eigenvalue weighted by Gasteiger charge is 2.19. The minimum Gasteiger partial charge on any atom is -0.211 e. The van der Waals surface area contributed by atoms with Gasteiger partial charge in [-0.3, -0.25) is 0 Å². The topological polar surface area (TPSA) is 46.2 Å². The molecule has 0 heterocycles. The lowest BCUT2D eigenvalue weighted by molar-refractivity contribution is 0.456. The van der Waals surface area contributed by atoms with E-state index in [2.05, 4.69) is 4.72 Å². The first-order valence-corrected chi connectivity index (χ1v) is 8.33. The summed E-state index contributed by atoms with van der Waals surface area (Å²) in [6.45, 7) is 2.32. The van der Waals surface area contributed by atoms with E-state index in [0.717, 1.165) is 25.3 Å². The molecular weight excluding hydrogens is 289 g/mol. The van der Waals surface area contributed by atoms with E-state index >= 15 is 0 Å². The number of alkyl halides is 1. The van der Waals surface area contributed by atoms with Crippen molar-refractivity contribution in [3.8, 4) is 0 Å². The number of hydrogen-bond acceptors (Lipinski definition) is 2. The first kappa shape index (κ1) is 16.4. The summed E-state index contributed by atoms with van der Waals surface area (Å²) >= 11 is 5.69. The lowest BCUT2D eigenvalue weighted by atomic mass is 10.0. The second-order valence-corrected chi connectivity index (χ2v) is 6.53. The second kappa shape index (κ2) is 7.82. The molecule has 0 spiro atoms. The molecule has 0 saturated carbocycles. The van der Waals surface area contributed by atoms with Crippen molar-refractivity contribution in [3.63, 3.8) is 0 Å². The minimum atomic E-state index is -3.79. The van der Waals surface area contributed by atoms with Crippen LogP contribution in [0.5, 0.6) is 0 Å². The monoisotopic (exact) mass is 307 g/mol. The summed E-state index contributed by atoms with van der Waals surface area (Å²) in [6, 6.07) is 5.35. The van der Waals surface area contributed by atoms with Gasteiger partial charge in [-0.1, -0.05) is 25.5 Å². The van der Waals surface area contributed by atoms with Crippen LogP contribution in [0.25, 0.3) is 0 Å². The third kappa shape index (κ3) is 5.09. The van der Waals surface area contributed by atoms with Gasteiger partial charge >= 0.3 is 0 Å². The van der Waals surface area contributed by atoms with E-state index in [1.807, 2.05) is 6.92 Å². The maximum atomic E-state index is 13.5. The first-order valence-electron chi connectivity index (χ1n) is 6.31. The predicted octanol–water partition coefficient (Wildman–Crippen LogP) is 3.15. The molecule has 0 saturated heterocycles. The van der Waals surface area contributed by atoms with Crippen LogP contribution in [0.2, 0.25) is 0 Å². The highest BCUT2D eigenvalue weighted by molar-refractivity contribution is 7.89. The maximum Gasteiger partial charge on any atom is 0.243 e. The summed E-state index contributed by atoms with van der Waals surface area (Å²) in [7, 11) is -3.79. The molecule has 0 radical (unpaired) electrons. The zero-order valence-corrected chi connectivity index (χ0v) is 12.5. The Morgan fingerprint density at radius 3 is 2.58 bits per heavy atom. The van der Waals surface area contributed by atoms with Gasteiger partial charge in [0.2, 0.25) is 10.0 Å². The Balaban J connectivity index is 2.72. The van der Waals surface area contributed by atoms with Crippen molar-refractivity contribution in [1.29, 1.82) is 0 Å². The summed E-state index contributed by atoms with van der Waals surface area (Å²) in [5.74, 6) is -0.0602. The van der Waals surface area contributed by atoms with Gasteiger partial charge in [0.25, 0.3) is 0 Å². The van der Waals surface area contributed by atoms with Crippen LogP contribution in [0.1, 0.15) is 26.2 Å². The number of rotatable bonds is 8. The van der Waals surface area contributed by atoms with E-state index in [0.29, 0.717) is 5.88 Å². The van der Waals surface area contributed by atoms with Gasteiger partial charge in [0.15, 0.2) is 0 Å². The molecule has 1 aromatic carbocycles. The fraction of sp³-hybridized carbons (Fsp3) is 0.538. The van der Waals surface area contributed by atoms with E-state index in [-0.39, 0.29) is 17.4 Å². The van der Waals surface area contributed by atoms with E-state index in [9.17, 15) is 12.8 Å². The van der Waals surface area contributed by atoms with Gasteiger partial charge in [-0.05, 0) is 30.9 Å². The molecule has 1 N–H and O–H groups in total. The summed E-state index contributed by atoms with van der Waals surface area (Å²) in [4.78, 5) is -0.309. The molecule has 1 unspecified atom stereocenters. The van der Waals surface area contributed by atoms with Gasteiger partial charge in [-0.25, -0.2) is 17.5 Å². The zero-order valence-electron chi connectivity index (χ0n) is 10.9. The molecular formula is C13H19ClFNO2S. The second-order valence-electron chi connectivity index (χ2n) is 4.41. The Hall–Kier alpha value is -0.650. The molecule has 0 aliphatic rings. The fourth-order valence-electron chi connectivity index (χ4n) is 1.88. The van der Waals surface area contributed by atoms with E-state index in [1.54, 1.807) is 0 Å². The van der Waals surface area contributed by atoms with Gasteiger partial charge in [-0.15, -0.1) is 11.6 Å². The molecule has 19 heavy (non-hydrogen) atoms. The van der Waals surface area contributed by atoms with E-state index < -0.39 is 15.8 Å². The number of benzene rings is 1. The van der Waals surface area contributed by atoms with Crippen LogP contribution in [0, 0.1) is 11.7 Å². The third-order valence-electron chi connectivity index (χ3n) is 2.90. The summed E-state index contributed by atoms with van der Waals surface area (Å²) in [6.07, 6.45) is 2.60. The number of nitrogens with one attached hydrogen (secondary N) is 1. The molecule has 1 rings (SSSR count). The lowest BCUT2D eigenvalue weighted by Crippen LogP contribution is -2.30. The van der Waals surface area contributed by atoms with Crippen molar-refractivity contribution in [2.45, 2.75) is 31.1 Å². The molecule has 0 bridgehead atoms. The quantitative estimate of drug-likeness (QED) is 0.750. The van der Waals surface area contributed by atoms with Gasteiger partial charge in [-0.2, -0.15) is 0 Å². The molecule has 108 valence electrons. The molecule has 0 aromatic heterocycles. The van der Waals surface area contributed by atoms with Crippen molar-refractivity contribution in [1.82, 2.24) is 4.72 Å². The molecule has 0 amide bonds. The van der Waals surface area contributed by atoms with Crippen LogP contribution >= 0.6 is 11.6 Å². The first-order chi connectivity index (χ1) is 9.01. The average molecular weight is 308 g/mol. The Kier molecular flexibility index (Phi) is 6.75. The fourth-order valence-corrected chi connectivity index (χ4v) is 3.38. The number of halogens is 2. The van der Waals surface area contributed by atoms with E-state index in [1.165, 1.54) is 18.2 Å². The predicted molar refractivity (Wildman–Crippen MR) is 75.3 cm³/mol. The molecule has 0 aliphatic heterocycles. The maximum absolute atomic E-state index is 13.5. The van der Waals surface area contributed by atoms with Crippen molar-refractivity contribution in [3.05, 3.63) is 30.1 Å². The Morgan fingerprint density at radius 2 is 2.00 bits per heavy atom. The van der Waals surface area contributed by atoms with Crippen LogP contribution in [0.3, 0.4) is 0 Å². The average Bonchev–Trinajstić information content (AvgIpc) is 2.37. The minimum absolute atomic E-state index is 0.184. The largest absolute Gasteiger partial charge is 0.243 e. The summed E-state index contributed by atoms with van der Waals surface area (Å²) in [5.41, 5.74) is 0. The summed E-state index contributed by atoms with van der Waals surface area (Å²) < 4.78 is 39.9. The Bertz CT molecular complexity index is 487. The summed E-state index contributed by atoms with van der Waals surface area (Å²) in [5, 5.41) is 0. The molecule has 3 nitrogen and oxygen atoms in total. The molecule has 0 fully saturated rings. The van der Waals surface area contributed by atoms with Crippen LogP contribution in [-0.2, 0) is 10.0 Å². The molecule has 1 aromatic rings. The number of sulfonamides is 1. The Morgan fingerprint density at radius 1 is 1.32 bits per heavy atom. The van der Waals surface area contributed by atoms with Crippen molar-refractivity contribution < 1.29 is 12.8 Å². The SMILES string of the molecule is CCCC(CCCl)CNS(=O)(=O)c1ccccc1F. The highest BCUT2D eigenvalue weighted by Crippen LogP contribution is 2.15. The smallest absolute Gasteiger partial charge is 0.211 e. The molecule has 1 atom stereocenters. The van der Waals surface area contributed by atoms with E-state index in [4.69, 9.17) is 11.6 Å². The van der Waals surface area contributed by atoms with Crippen LogP contribution in [0.4, 0.5) is 4.39 Å². The molecule has 0 aliphatic carbocycles. The van der Waals surface area contributed by atoms with Crippen LogP contribution in [0.15, 0.2) is 29.2 Å². The van der Waals surface area contributed by atoms with Gasteiger partial charge in [0.05, 0.1) is 0 Å². The highest BCUT2D eigenvalue weighted by atomic mass is 35.5. The zero-order chi connectivity index (χ0) is 14.3.